The van der Waals surface area contributed by atoms with Gasteiger partial charge in [0.05, 0.1) is 0 Å². The second-order valence-corrected chi connectivity index (χ2v) is 5.93. The molecule has 1 fully saturated rings. The molecule has 0 heteroatoms. The summed E-state index contributed by atoms with van der Waals surface area (Å²) in [4.78, 5) is 0. The molecule has 0 aliphatic heterocycles. The molecule has 1 aliphatic carbocycles. The van der Waals surface area contributed by atoms with Crippen LogP contribution >= 0.6 is 0 Å². The van der Waals surface area contributed by atoms with Gasteiger partial charge in [-0.1, -0.05) is 59.3 Å². The van der Waals surface area contributed by atoms with Crippen LogP contribution in [-0.2, 0) is 0 Å². The normalized spacial score (nSPS) is 19.4. The molecule has 1 atom stereocenters. The number of rotatable bonds is 6. The Morgan fingerprint density at radius 1 is 1.13 bits per heavy atom. The zero-order chi connectivity index (χ0) is 11.1. The van der Waals surface area contributed by atoms with Crippen LogP contribution in [0.2, 0.25) is 0 Å². The zero-order valence-electron chi connectivity index (χ0n) is 11.0. The smallest absolute Gasteiger partial charge is 0.0323 e. The Labute approximate surface area is 96.8 Å². The van der Waals surface area contributed by atoms with Gasteiger partial charge in [0.15, 0.2) is 0 Å². The summed E-state index contributed by atoms with van der Waals surface area (Å²) in [5, 5.41) is 0. The fraction of sp³-hybridized carbons (Fsp3) is 0.933. The largest absolute Gasteiger partial charge is 0.0654 e. The second-order valence-electron chi connectivity index (χ2n) is 5.93. The van der Waals surface area contributed by atoms with Crippen molar-refractivity contribution in [2.45, 2.75) is 78.6 Å². The molecule has 0 aromatic carbocycles. The Morgan fingerprint density at radius 3 is 2.53 bits per heavy atom. The van der Waals surface area contributed by atoms with E-state index in [9.17, 15) is 0 Å². The summed E-state index contributed by atoms with van der Waals surface area (Å²) in [5.74, 6) is 0.896. The Bertz CT molecular complexity index is 151. The van der Waals surface area contributed by atoms with Crippen molar-refractivity contribution in [2.24, 2.45) is 11.3 Å². The highest BCUT2D eigenvalue weighted by molar-refractivity contribution is 4.90. The lowest BCUT2D eigenvalue weighted by Crippen LogP contribution is -2.26. The first-order valence-electron chi connectivity index (χ1n) is 7.00. The van der Waals surface area contributed by atoms with Gasteiger partial charge in [-0.2, -0.15) is 0 Å². The van der Waals surface area contributed by atoms with Crippen molar-refractivity contribution in [2.75, 3.05) is 0 Å². The highest BCUT2D eigenvalue weighted by Gasteiger charge is 2.29. The van der Waals surface area contributed by atoms with E-state index in [1.165, 1.54) is 57.8 Å². The van der Waals surface area contributed by atoms with E-state index < -0.39 is 0 Å². The Hall–Kier alpha value is 0. The van der Waals surface area contributed by atoms with Crippen LogP contribution < -0.4 is 0 Å². The molecule has 0 spiro atoms. The van der Waals surface area contributed by atoms with Crippen molar-refractivity contribution in [1.29, 1.82) is 0 Å². The molecule has 0 N–H and O–H groups in total. The van der Waals surface area contributed by atoms with E-state index in [2.05, 4.69) is 27.2 Å². The maximum atomic E-state index is 2.60. The Kier molecular flexibility index (Phi) is 5.71. The van der Waals surface area contributed by atoms with Crippen LogP contribution in [-0.4, -0.2) is 0 Å². The van der Waals surface area contributed by atoms with Crippen molar-refractivity contribution in [3.8, 4) is 0 Å². The monoisotopic (exact) mass is 209 g/mol. The summed E-state index contributed by atoms with van der Waals surface area (Å²) in [6, 6.07) is 0. The molecule has 0 bridgehead atoms. The standard InChI is InChI=1S/C15H29/c1-4-5-6-10-13-15(2,3)14-11-8-7-9-12-14/h11,14H,4-10,12-13H2,1-3H3. The van der Waals surface area contributed by atoms with Crippen molar-refractivity contribution in [3.63, 3.8) is 0 Å². The van der Waals surface area contributed by atoms with Gasteiger partial charge in [-0.15, -0.1) is 0 Å². The molecule has 1 radical (unpaired) electrons. The van der Waals surface area contributed by atoms with E-state index in [-0.39, 0.29) is 0 Å². The fourth-order valence-corrected chi connectivity index (χ4v) is 2.85. The lowest BCUT2D eigenvalue weighted by molar-refractivity contribution is 0.184. The predicted octanol–water partition coefficient (Wildman–Crippen LogP) is 5.38. The fourth-order valence-electron chi connectivity index (χ4n) is 2.85. The van der Waals surface area contributed by atoms with Gasteiger partial charge in [0, 0.05) is 0 Å². The molecule has 0 heterocycles. The molecule has 1 saturated carbocycles. The molecule has 1 unspecified atom stereocenters. The van der Waals surface area contributed by atoms with E-state index in [0.29, 0.717) is 5.41 Å². The quantitative estimate of drug-likeness (QED) is 0.515. The van der Waals surface area contributed by atoms with Crippen LogP contribution in [0.3, 0.4) is 0 Å². The van der Waals surface area contributed by atoms with Crippen LogP contribution in [0.5, 0.6) is 0 Å². The summed E-state index contributed by atoms with van der Waals surface area (Å²) < 4.78 is 0. The average Bonchev–Trinajstić information content (AvgIpc) is 2.26. The second kappa shape index (κ2) is 6.55. The molecular weight excluding hydrogens is 180 g/mol. The van der Waals surface area contributed by atoms with Crippen LogP contribution in [0, 0.1) is 17.8 Å². The maximum absolute atomic E-state index is 2.60. The lowest BCUT2D eigenvalue weighted by atomic mass is 9.69. The van der Waals surface area contributed by atoms with Crippen LogP contribution in [0.1, 0.15) is 78.6 Å². The van der Waals surface area contributed by atoms with Gasteiger partial charge in [-0.25, -0.2) is 0 Å². The third kappa shape index (κ3) is 4.57. The van der Waals surface area contributed by atoms with Gasteiger partial charge in [-0.05, 0) is 37.0 Å². The van der Waals surface area contributed by atoms with E-state index in [1.54, 1.807) is 0 Å². The highest BCUT2D eigenvalue weighted by atomic mass is 14.3. The summed E-state index contributed by atoms with van der Waals surface area (Å²) in [5.41, 5.74) is 0.564. The van der Waals surface area contributed by atoms with E-state index >= 15 is 0 Å². The summed E-state index contributed by atoms with van der Waals surface area (Å²) in [6.45, 7) is 7.25. The third-order valence-electron chi connectivity index (χ3n) is 4.10. The van der Waals surface area contributed by atoms with Gasteiger partial charge in [0.1, 0.15) is 0 Å². The van der Waals surface area contributed by atoms with Crippen molar-refractivity contribution in [1.82, 2.24) is 0 Å². The van der Waals surface area contributed by atoms with Gasteiger partial charge in [0.25, 0.3) is 0 Å². The first-order valence-corrected chi connectivity index (χ1v) is 7.00. The molecular formula is C15H29. The summed E-state index contributed by atoms with van der Waals surface area (Å²) in [7, 11) is 0. The van der Waals surface area contributed by atoms with E-state index in [4.69, 9.17) is 0 Å². The lowest BCUT2D eigenvalue weighted by Gasteiger charge is -2.37. The minimum atomic E-state index is 0.564. The molecule has 0 aromatic rings. The molecule has 0 amide bonds. The molecule has 0 saturated heterocycles. The molecule has 1 rings (SSSR count). The Balaban J connectivity index is 2.23. The van der Waals surface area contributed by atoms with Gasteiger partial charge in [0.2, 0.25) is 0 Å². The molecule has 89 valence electrons. The van der Waals surface area contributed by atoms with Gasteiger partial charge in [-0.3, -0.25) is 0 Å². The van der Waals surface area contributed by atoms with Crippen LogP contribution in [0.15, 0.2) is 0 Å². The predicted molar refractivity (Wildman–Crippen MR) is 68.8 cm³/mol. The summed E-state index contributed by atoms with van der Waals surface area (Å²) >= 11 is 0. The topological polar surface area (TPSA) is 0 Å². The number of unbranched alkanes of at least 4 members (excludes halogenated alkanes) is 3. The highest BCUT2D eigenvalue weighted by Crippen LogP contribution is 2.40. The molecule has 15 heavy (non-hydrogen) atoms. The Morgan fingerprint density at radius 2 is 1.93 bits per heavy atom. The van der Waals surface area contributed by atoms with Crippen molar-refractivity contribution < 1.29 is 0 Å². The molecule has 0 nitrogen and oxygen atoms in total. The van der Waals surface area contributed by atoms with Gasteiger partial charge < -0.3 is 0 Å². The van der Waals surface area contributed by atoms with Crippen molar-refractivity contribution >= 4 is 0 Å². The SMILES string of the molecule is CCCCCCC(C)(C)C1[CH]CCCC1. The number of hydrogen-bond acceptors (Lipinski definition) is 0. The van der Waals surface area contributed by atoms with E-state index in [0.717, 1.165) is 5.92 Å². The minimum absolute atomic E-state index is 0.564. The maximum Gasteiger partial charge on any atom is -0.0323 e. The molecule has 1 aliphatic rings. The van der Waals surface area contributed by atoms with Crippen LogP contribution in [0.25, 0.3) is 0 Å². The zero-order valence-corrected chi connectivity index (χ0v) is 11.0. The van der Waals surface area contributed by atoms with Gasteiger partial charge >= 0.3 is 0 Å². The first kappa shape index (κ1) is 13.1. The molecule has 0 aromatic heterocycles. The first-order chi connectivity index (χ1) is 7.17. The average molecular weight is 209 g/mol. The number of hydrogen-bond donors (Lipinski definition) is 0. The van der Waals surface area contributed by atoms with Crippen molar-refractivity contribution in [3.05, 3.63) is 6.42 Å². The third-order valence-corrected chi connectivity index (χ3v) is 4.10. The van der Waals surface area contributed by atoms with Crippen LogP contribution in [0.4, 0.5) is 0 Å². The minimum Gasteiger partial charge on any atom is -0.0654 e. The summed E-state index contributed by atoms with van der Waals surface area (Å²) in [6.07, 6.45) is 15.4. The van der Waals surface area contributed by atoms with E-state index in [1.807, 2.05) is 0 Å².